The molecule has 0 atom stereocenters. The van der Waals surface area contributed by atoms with Gasteiger partial charge in [-0.25, -0.2) is 4.79 Å². The molecule has 1 rings (SSSR count). The molecular weight excluding hydrogens is 360 g/mol. The van der Waals surface area contributed by atoms with E-state index in [0.717, 1.165) is 6.54 Å². The van der Waals surface area contributed by atoms with Crippen LogP contribution in [0.25, 0.3) is 0 Å². The maximum absolute atomic E-state index is 12.8. The molecule has 0 aromatic carbocycles. The van der Waals surface area contributed by atoms with Gasteiger partial charge in [0.05, 0.1) is 18.8 Å². The van der Waals surface area contributed by atoms with Crippen molar-refractivity contribution in [2.75, 3.05) is 40.3 Å². The average molecular weight is 395 g/mol. The molecule has 0 saturated heterocycles. The van der Waals surface area contributed by atoms with E-state index in [1.165, 1.54) is 4.90 Å². The molecule has 2 amide bonds. The molecule has 8 heteroatoms. The quantitative estimate of drug-likeness (QED) is 0.686. The minimum atomic E-state index is -0.672. The summed E-state index contributed by atoms with van der Waals surface area (Å²) in [6, 6.07) is 3.41. The maximum atomic E-state index is 12.8. The number of likely N-dealkylation sites (N-methyl/N-ethyl adjacent to an activating group) is 2. The van der Waals surface area contributed by atoms with Crippen LogP contribution in [0.15, 0.2) is 18.3 Å². The molecule has 0 unspecified atom stereocenters. The van der Waals surface area contributed by atoms with Crippen molar-refractivity contribution in [2.24, 2.45) is 0 Å². The molecule has 0 aliphatic carbocycles. The fraction of sp³-hybridized carbons (Fsp3) is 0.650. The van der Waals surface area contributed by atoms with Crippen LogP contribution in [0.3, 0.4) is 0 Å². The van der Waals surface area contributed by atoms with Crippen molar-refractivity contribution in [2.45, 2.75) is 46.4 Å². The van der Waals surface area contributed by atoms with Crippen LogP contribution in [0.1, 0.15) is 39.0 Å². The highest BCUT2D eigenvalue weighted by molar-refractivity contribution is 5.82. The Balaban J connectivity index is 2.95. The summed E-state index contributed by atoms with van der Waals surface area (Å²) in [7, 11) is 3.90. The molecule has 158 valence electrons. The zero-order valence-corrected chi connectivity index (χ0v) is 17.9. The Morgan fingerprint density at radius 3 is 2.39 bits per heavy atom. The molecule has 0 aliphatic heterocycles. The summed E-state index contributed by atoms with van der Waals surface area (Å²) in [6.45, 7) is 9.07. The first-order valence-electron chi connectivity index (χ1n) is 9.50. The lowest BCUT2D eigenvalue weighted by Gasteiger charge is -2.29. The highest BCUT2D eigenvalue weighted by atomic mass is 16.6. The first-order chi connectivity index (χ1) is 13.1. The second-order valence-electron chi connectivity index (χ2n) is 7.93. The molecular formula is C20H34N4O4. The third kappa shape index (κ3) is 8.67. The maximum Gasteiger partial charge on any atom is 0.411 e. The zero-order valence-electron chi connectivity index (χ0n) is 17.9. The van der Waals surface area contributed by atoms with E-state index >= 15 is 0 Å². The zero-order chi connectivity index (χ0) is 21.3. The Bertz CT molecular complexity index is 643. The van der Waals surface area contributed by atoms with Crippen LogP contribution >= 0.6 is 0 Å². The van der Waals surface area contributed by atoms with Crippen molar-refractivity contribution < 1.29 is 19.4 Å². The monoisotopic (exact) mass is 394 g/mol. The summed E-state index contributed by atoms with van der Waals surface area (Å²) in [5.41, 5.74) is 0.608. The fourth-order valence-corrected chi connectivity index (χ4v) is 2.46. The highest BCUT2D eigenvalue weighted by Gasteiger charge is 2.26. The Morgan fingerprint density at radius 1 is 1.18 bits per heavy atom. The number of amides is 2. The number of hydrogen-bond acceptors (Lipinski definition) is 6. The van der Waals surface area contributed by atoms with Crippen LogP contribution in [-0.4, -0.2) is 82.7 Å². The number of aliphatic hydroxyl groups is 1. The van der Waals surface area contributed by atoms with Gasteiger partial charge in [-0.05, 0) is 59.5 Å². The first-order valence-corrected chi connectivity index (χ1v) is 9.50. The number of rotatable bonds is 9. The largest absolute Gasteiger partial charge is 0.444 e. The van der Waals surface area contributed by atoms with Gasteiger partial charge in [0.2, 0.25) is 5.91 Å². The van der Waals surface area contributed by atoms with Crippen LogP contribution in [-0.2, 0) is 22.7 Å². The summed E-state index contributed by atoms with van der Waals surface area (Å²) in [5.74, 6) is -0.145. The minimum Gasteiger partial charge on any atom is -0.444 e. The predicted molar refractivity (Wildman–Crippen MR) is 108 cm³/mol. The number of pyridine rings is 1. The van der Waals surface area contributed by atoms with Gasteiger partial charge in [-0.3, -0.25) is 14.7 Å². The average Bonchev–Trinajstić information content (AvgIpc) is 2.60. The van der Waals surface area contributed by atoms with E-state index in [4.69, 9.17) is 4.74 Å². The molecule has 0 radical (unpaired) electrons. The van der Waals surface area contributed by atoms with Crippen molar-refractivity contribution in [1.29, 1.82) is 0 Å². The molecule has 0 saturated carbocycles. The van der Waals surface area contributed by atoms with Crippen molar-refractivity contribution in [1.82, 2.24) is 19.7 Å². The number of carbonyl (C=O) groups excluding carboxylic acids is 2. The van der Waals surface area contributed by atoms with E-state index in [1.807, 2.05) is 25.9 Å². The predicted octanol–water partition coefficient (Wildman–Crippen LogP) is 1.72. The molecule has 1 N–H and O–H groups in total. The van der Waals surface area contributed by atoms with E-state index in [0.29, 0.717) is 24.3 Å². The number of nitrogens with zero attached hydrogens (tertiary/aromatic N) is 4. The molecule has 28 heavy (non-hydrogen) atoms. The van der Waals surface area contributed by atoms with Gasteiger partial charge < -0.3 is 19.6 Å². The lowest BCUT2D eigenvalue weighted by molar-refractivity contribution is -0.132. The first kappa shape index (κ1) is 23.8. The summed E-state index contributed by atoms with van der Waals surface area (Å²) < 4.78 is 5.47. The van der Waals surface area contributed by atoms with Gasteiger partial charge in [0, 0.05) is 25.8 Å². The van der Waals surface area contributed by atoms with Gasteiger partial charge in [0.25, 0.3) is 0 Å². The van der Waals surface area contributed by atoms with Crippen LogP contribution in [0.2, 0.25) is 0 Å². The van der Waals surface area contributed by atoms with Crippen LogP contribution in [0, 0.1) is 0 Å². The van der Waals surface area contributed by atoms with Crippen LogP contribution in [0.5, 0.6) is 0 Å². The number of carbonyl (C=O) groups is 2. The molecule has 1 aromatic rings. The number of ether oxygens (including phenoxy) is 1. The highest BCUT2D eigenvalue weighted by Crippen LogP contribution is 2.13. The Labute approximate surface area is 168 Å². The van der Waals surface area contributed by atoms with Gasteiger partial charge >= 0.3 is 6.09 Å². The second kappa shape index (κ2) is 11.0. The molecule has 1 aromatic heterocycles. The SMILES string of the molecule is CCN(CCN(C)C)C(=O)CN(Cc1cc(CO)ccn1)C(=O)OC(C)(C)C. The van der Waals surface area contributed by atoms with E-state index in [-0.39, 0.29) is 25.6 Å². The molecule has 8 nitrogen and oxygen atoms in total. The van der Waals surface area contributed by atoms with Gasteiger partial charge in [-0.1, -0.05) is 0 Å². The van der Waals surface area contributed by atoms with Gasteiger partial charge in [-0.2, -0.15) is 0 Å². The second-order valence-corrected chi connectivity index (χ2v) is 7.93. The number of aliphatic hydroxyl groups excluding tert-OH is 1. The Hall–Kier alpha value is -2.19. The van der Waals surface area contributed by atoms with Gasteiger partial charge in [-0.15, -0.1) is 0 Å². The third-order valence-electron chi connectivity index (χ3n) is 3.95. The van der Waals surface area contributed by atoms with Gasteiger partial charge in [0.1, 0.15) is 12.1 Å². The van der Waals surface area contributed by atoms with Crippen molar-refractivity contribution >= 4 is 12.0 Å². The van der Waals surface area contributed by atoms with Crippen molar-refractivity contribution in [3.63, 3.8) is 0 Å². The topological polar surface area (TPSA) is 86.2 Å². The van der Waals surface area contributed by atoms with Crippen molar-refractivity contribution in [3.05, 3.63) is 29.6 Å². The lowest BCUT2D eigenvalue weighted by Crippen LogP contribution is -2.46. The molecule has 0 aliphatic rings. The summed E-state index contributed by atoms with van der Waals surface area (Å²) >= 11 is 0. The smallest absolute Gasteiger partial charge is 0.411 e. The lowest BCUT2D eigenvalue weighted by atomic mass is 10.2. The summed E-state index contributed by atoms with van der Waals surface area (Å²) in [5, 5.41) is 9.31. The summed E-state index contributed by atoms with van der Waals surface area (Å²) in [6.07, 6.45) is 1.01. The van der Waals surface area contributed by atoms with Gasteiger partial charge in [0.15, 0.2) is 0 Å². The Kier molecular flexibility index (Phi) is 9.34. The number of hydrogen-bond donors (Lipinski definition) is 1. The summed E-state index contributed by atoms with van der Waals surface area (Å²) in [4.78, 5) is 34.8. The molecule has 0 bridgehead atoms. The number of aromatic nitrogens is 1. The third-order valence-corrected chi connectivity index (χ3v) is 3.95. The van der Waals surface area contributed by atoms with Crippen LogP contribution < -0.4 is 0 Å². The Morgan fingerprint density at radius 2 is 1.86 bits per heavy atom. The fourth-order valence-electron chi connectivity index (χ4n) is 2.46. The van der Waals surface area contributed by atoms with E-state index < -0.39 is 11.7 Å². The standard InChI is InChI=1S/C20H34N4O4/c1-7-23(11-10-22(5)6)18(26)14-24(19(27)28-20(2,3)4)13-17-12-16(15-25)8-9-21-17/h8-9,12,25H,7,10-11,13-15H2,1-6H3. The molecule has 0 fully saturated rings. The van der Waals surface area contributed by atoms with E-state index in [2.05, 4.69) is 4.98 Å². The minimum absolute atomic E-state index is 0.0960. The van der Waals surface area contributed by atoms with E-state index in [9.17, 15) is 14.7 Å². The van der Waals surface area contributed by atoms with Crippen molar-refractivity contribution in [3.8, 4) is 0 Å². The van der Waals surface area contributed by atoms with Crippen LogP contribution in [0.4, 0.5) is 4.79 Å². The normalized spacial score (nSPS) is 11.4. The molecule has 0 spiro atoms. The van der Waals surface area contributed by atoms with E-state index in [1.54, 1.807) is 44.0 Å². The molecule has 1 heterocycles.